The summed E-state index contributed by atoms with van der Waals surface area (Å²) >= 11 is 2.82. The van der Waals surface area contributed by atoms with E-state index in [1.165, 1.54) is 50.5 Å². The fourth-order valence-electron chi connectivity index (χ4n) is 6.62. The predicted octanol–water partition coefficient (Wildman–Crippen LogP) is 9.02. The second-order valence-electron chi connectivity index (χ2n) is 14.5. The van der Waals surface area contributed by atoms with E-state index < -0.39 is 23.0 Å². The predicted molar refractivity (Wildman–Crippen MR) is 227 cm³/mol. The average Bonchev–Trinajstić information content (AvgIpc) is 3.56. The number of carbonyl (C=O) groups excluding carboxylic acids is 4. The molecule has 3 amide bonds. The summed E-state index contributed by atoms with van der Waals surface area (Å²) in [6.07, 6.45) is 4.59. The summed E-state index contributed by atoms with van der Waals surface area (Å²) < 4.78 is 21.9. The SMILES string of the molecule is CCOC(=O)c1c(NC(=O)C(CC)Sc2cccc(NC(=O)/C(=C\c3cc(OC)c(OC)cc3OC)NC(=O)c3ccccc3)c2)sc2c1CCC(C(C)(C)C)C2. The lowest BCUT2D eigenvalue weighted by molar-refractivity contribution is -0.116. The van der Waals surface area contributed by atoms with Crippen LogP contribution in [0.2, 0.25) is 0 Å². The first kappa shape index (κ1) is 42.9. The second kappa shape index (κ2) is 19.3. The number of nitrogens with one attached hydrogen (secondary N) is 3. The number of amides is 3. The zero-order valence-corrected chi connectivity index (χ0v) is 35.3. The molecule has 0 saturated carbocycles. The molecule has 0 fully saturated rings. The van der Waals surface area contributed by atoms with Crippen molar-refractivity contribution >= 4 is 63.6 Å². The maximum absolute atomic E-state index is 14.0. The van der Waals surface area contributed by atoms with Gasteiger partial charge >= 0.3 is 5.97 Å². The summed E-state index contributed by atoms with van der Waals surface area (Å²) in [4.78, 5) is 56.2. The number of esters is 1. The Morgan fingerprint density at radius 2 is 1.60 bits per heavy atom. The van der Waals surface area contributed by atoms with Gasteiger partial charge in [-0.25, -0.2) is 4.79 Å². The fourth-order valence-corrected chi connectivity index (χ4v) is 8.95. The highest BCUT2D eigenvalue weighted by Gasteiger charge is 2.35. The van der Waals surface area contributed by atoms with E-state index in [1.54, 1.807) is 67.6 Å². The van der Waals surface area contributed by atoms with E-state index >= 15 is 0 Å². The largest absolute Gasteiger partial charge is 0.496 e. The fraction of sp³-hybridized carbons (Fsp3) is 0.364. The van der Waals surface area contributed by atoms with Crippen molar-refractivity contribution in [1.82, 2.24) is 5.32 Å². The van der Waals surface area contributed by atoms with E-state index in [0.717, 1.165) is 34.6 Å². The Hall–Kier alpha value is -5.27. The molecule has 1 aromatic heterocycles. The monoisotopic (exact) mass is 813 g/mol. The normalized spacial score (nSPS) is 14.5. The molecule has 3 aromatic carbocycles. The first-order valence-corrected chi connectivity index (χ1v) is 20.6. The van der Waals surface area contributed by atoms with Crippen LogP contribution in [0.1, 0.15) is 84.2 Å². The van der Waals surface area contributed by atoms with Crippen molar-refractivity contribution in [2.75, 3.05) is 38.6 Å². The van der Waals surface area contributed by atoms with Gasteiger partial charge < -0.3 is 34.9 Å². The third kappa shape index (κ3) is 10.6. The molecule has 2 unspecified atom stereocenters. The Morgan fingerprint density at radius 1 is 0.895 bits per heavy atom. The van der Waals surface area contributed by atoms with Crippen molar-refractivity contribution in [2.24, 2.45) is 11.3 Å². The molecule has 11 nitrogen and oxygen atoms in total. The Kier molecular flexibility index (Phi) is 14.5. The van der Waals surface area contributed by atoms with E-state index in [-0.39, 0.29) is 23.6 Å². The van der Waals surface area contributed by atoms with Crippen LogP contribution in [-0.2, 0) is 27.2 Å². The summed E-state index contributed by atoms with van der Waals surface area (Å²) in [5, 5.41) is 8.76. The summed E-state index contributed by atoms with van der Waals surface area (Å²) in [7, 11) is 4.49. The number of carbonyl (C=O) groups is 4. The van der Waals surface area contributed by atoms with Gasteiger partial charge in [-0.2, -0.15) is 0 Å². The number of rotatable bonds is 15. The van der Waals surface area contributed by atoms with Gasteiger partial charge in [-0.1, -0.05) is 52.0 Å². The van der Waals surface area contributed by atoms with Crippen molar-refractivity contribution in [3.63, 3.8) is 0 Å². The van der Waals surface area contributed by atoms with Crippen LogP contribution in [0.25, 0.3) is 6.08 Å². The first-order valence-electron chi connectivity index (χ1n) is 18.9. The van der Waals surface area contributed by atoms with Crippen molar-refractivity contribution in [3.8, 4) is 17.2 Å². The molecule has 1 aliphatic rings. The highest BCUT2D eigenvalue weighted by Crippen LogP contribution is 2.45. The highest BCUT2D eigenvalue weighted by molar-refractivity contribution is 8.00. The molecule has 0 aliphatic heterocycles. The van der Waals surface area contributed by atoms with Gasteiger partial charge in [0.1, 0.15) is 16.4 Å². The Morgan fingerprint density at radius 3 is 2.25 bits per heavy atom. The number of thiophene rings is 1. The zero-order valence-electron chi connectivity index (χ0n) is 33.7. The quantitative estimate of drug-likeness (QED) is 0.0609. The van der Waals surface area contributed by atoms with E-state index in [2.05, 4.69) is 36.7 Å². The van der Waals surface area contributed by atoms with Gasteiger partial charge in [0.2, 0.25) is 5.91 Å². The molecule has 3 N–H and O–H groups in total. The number of benzene rings is 3. The van der Waals surface area contributed by atoms with Gasteiger partial charge in [-0.05, 0) is 92.0 Å². The van der Waals surface area contributed by atoms with Crippen LogP contribution >= 0.6 is 23.1 Å². The number of hydrogen-bond acceptors (Lipinski definition) is 10. The summed E-state index contributed by atoms with van der Waals surface area (Å²) in [5.41, 5.74) is 2.79. The number of fused-ring (bicyclic) bond motifs is 1. The molecule has 0 saturated heterocycles. The number of methoxy groups -OCH3 is 3. The number of thioether (sulfide) groups is 1. The Bertz CT molecular complexity index is 2120. The number of anilines is 2. The topological polar surface area (TPSA) is 141 Å². The highest BCUT2D eigenvalue weighted by atomic mass is 32.2. The summed E-state index contributed by atoms with van der Waals surface area (Å²) in [6, 6.07) is 19.0. The number of ether oxygens (including phenoxy) is 4. The maximum Gasteiger partial charge on any atom is 0.341 e. The van der Waals surface area contributed by atoms with Crippen molar-refractivity contribution in [2.45, 2.75) is 70.4 Å². The first-order chi connectivity index (χ1) is 27.3. The molecule has 4 aromatic rings. The maximum atomic E-state index is 14.0. The van der Waals surface area contributed by atoms with Gasteiger partial charge in [0.15, 0.2) is 11.5 Å². The smallest absolute Gasteiger partial charge is 0.341 e. The minimum atomic E-state index is -0.593. The third-order valence-electron chi connectivity index (χ3n) is 9.80. The minimum absolute atomic E-state index is 0.0527. The lowest BCUT2D eigenvalue weighted by Gasteiger charge is -2.33. The van der Waals surface area contributed by atoms with Crippen molar-refractivity contribution < 1.29 is 38.1 Å². The van der Waals surface area contributed by atoms with Crippen LogP contribution in [0.3, 0.4) is 0 Å². The molecule has 1 heterocycles. The molecule has 2 atom stereocenters. The van der Waals surface area contributed by atoms with Crippen LogP contribution in [0.15, 0.2) is 77.3 Å². The molecule has 5 rings (SSSR count). The minimum Gasteiger partial charge on any atom is -0.496 e. The molecule has 0 bridgehead atoms. The van der Waals surface area contributed by atoms with Crippen LogP contribution in [0, 0.1) is 11.3 Å². The van der Waals surface area contributed by atoms with Crippen molar-refractivity contribution in [1.29, 1.82) is 0 Å². The summed E-state index contributed by atoms with van der Waals surface area (Å²) in [5.74, 6) is -0.0258. The third-order valence-corrected chi connectivity index (χ3v) is 12.3. The lowest BCUT2D eigenvalue weighted by atomic mass is 9.72. The van der Waals surface area contributed by atoms with E-state index in [4.69, 9.17) is 18.9 Å². The van der Waals surface area contributed by atoms with Gasteiger partial charge in [0.05, 0.1) is 38.7 Å². The van der Waals surface area contributed by atoms with Crippen LogP contribution in [0.4, 0.5) is 10.7 Å². The molecule has 1 aliphatic carbocycles. The van der Waals surface area contributed by atoms with Gasteiger partial charge in [-0.3, -0.25) is 14.4 Å². The zero-order chi connectivity index (χ0) is 41.3. The van der Waals surface area contributed by atoms with Gasteiger partial charge in [0.25, 0.3) is 11.8 Å². The Labute approximate surface area is 342 Å². The molecule has 57 heavy (non-hydrogen) atoms. The molecule has 13 heteroatoms. The standard InChI is InChI=1S/C44H51N3O8S2/c1-9-36(41(50)47-42-38(43(51)55-10-2)31-20-19-28(44(3,4)5)23-37(31)57-42)56-30-18-14-17-29(24-30)45-40(49)32(46-39(48)26-15-12-11-13-16-26)21-27-22-34(53-7)35(54-8)25-33(27)52-6/h11-18,21-22,24-25,28,36H,9-10,19-20,23H2,1-8H3,(H,45,49)(H,46,48)(H,47,50)/b32-21+. The molecular formula is C44H51N3O8S2. The molecule has 302 valence electrons. The molecule has 0 spiro atoms. The van der Waals surface area contributed by atoms with Crippen LogP contribution in [-0.4, -0.2) is 56.9 Å². The average molecular weight is 814 g/mol. The van der Waals surface area contributed by atoms with Gasteiger partial charge in [0, 0.05) is 32.7 Å². The van der Waals surface area contributed by atoms with Crippen molar-refractivity contribution in [3.05, 3.63) is 99.6 Å². The summed E-state index contributed by atoms with van der Waals surface area (Å²) in [6.45, 7) is 10.7. The van der Waals surface area contributed by atoms with Crippen LogP contribution in [0.5, 0.6) is 17.2 Å². The second-order valence-corrected chi connectivity index (χ2v) is 16.9. The van der Waals surface area contributed by atoms with Gasteiger partial charge in [-0.15, -0.1) is 23.1 Å². The Balaban J connectivity index is 1.38. The van der Waals surface area contributed by atoms with E-state index in [1.807, 2.05) is 13.0 Å². The van der Waals surface area contributed by atoms with E-state index in [0.29, 0.717) is 57.0 Å². The molecule has 0 radical (unpaired) electrons. The lowest BCUT2D eigenvalue weighted by Crippen LogP contribution is -2.30. The van der Waals surface area contributed by atoms with E-state index in [9.17, 15) is 19.2 Å². The molecular weight excluding hydrogens is 763 g/mol. The number of hydrogen-bond donors (Lipinski definition) is 3. The van der Waals surface area contributed by atoms with Crippen LogP contribution < -0.4 is 30.2 Å².